The van der Waals surface area contributed by atoms with Crippen LogP contribution in [0.25, 0.3) is 0 Å². The third kappa shape index (κ3) is 6.47. The molecule has 2 N–H and O–H groups in total. The fourth-order valence-corrected chi connectivity index (χ4v) is 4.37. The summed E-state index contributed by atoms with van der Waals surface area (Å²) in [5.74, 6) is -0.232. The Morgan fingerprint density at radius 1 is 1.21 bits per heavy atom. The molecule has 1 aliphatic carbocycles. The lowest BCUT2D eigenvalue weighted by molar-refractivity contribution is -0.112. The topological polar surface area (TPSA) is 67.2 Å². The van der Waals surface area contributed by atoms with E-state index in [0.29, 0.717) is 11.7 Å². The highest BCUT2D eigenvalue weighted by Gasteiger charge is 2.32. The number of phenolic OH excluding ortho intramolecular Hbond substituents is 1. The maximum Gasteiger partial charge on any atom is 0.248 e. The predicted octanol–water partition coefficient (Wildman–Crippen LogP) is 6.91. The molecule has 0 saturated heterocycles. The molecule has 1 aromatic carbocycles. The minimum Gasteiger partial charge on any atom is -0.506 e. The monoisotopic (exact) mass is 457 g/mol. The lowest BCUT2D eigenvalue weighted by atomic mass is 9.71. The zero-order chi connectivity index (χ0) is 24.7. The fraction of sp³-hybridized carbons (Fsp3) is 0.310. The average Bonchev–Trinajstić information content (AvgIpc) is 3.29. The molecule has 0 aliphatic heterocycles. The normalized spacial score (nSPS) is 19.3. The van der Waals surface area contributed by atoms with Gasteiger partial charge in [-0.15, -0.1) is 0 Å². The van der Waals surface area contributed by atoms with E-state index in [9.17, 15) is 9.90 Å². The van der Waals surface area contributed by atoms with Gasteiger partial charge in [0, 0.05) is 18.5 Å². The minimum atomic E-state index is -0.279. The van der Waals surface area contributed by atoms with Crippen molar-refractivity contribution in [3.63, 3.8) is 0 Å². The molecule has 1 aromatic heterocycles. The number of hydrogen-bond acceptors (Lipinski definition) is 3. The lowest BCUT2D eigenvalue weighted by Crippen LogP contribution is -2.25. The second-order valence-corrected chi connectivity index (χ2v) is 9.54. The van der Waals surface area contributed by atoms with Crippen LogP contribution in [0.3, 0.4) is 0 Å². The van der Waals surface area contributed by atoms with Gasteiger partial charge in [0.25, 0.3) is 0 Å². The van der Waals surface area contributed by atoms with Crippen molar-refractivity contribution in [2.75, 3.05) is 5.32 Å². The Morgan fingerprint density at radius 2 is 1.97 bits per heavy atom. The van der Waals surface area contributed by atoms with Crippen molar-refractivity contribution in [1.82, 2.24) is 9.55 Å². The van der Waals surface area contributed by atoms with Gasteiger partial charge in [0.05, 0.1) is 18.1 Å². The van der Waals surface area contributed by atoms with Gasteiger partial charge in [0.1, 0.15) is 5.75 Å². The number of carbonyl (C=O) groups is 1. The third-order valence-electron chi connectivity index (χ3n) is 6.33. The summed E-state index contributed by atoms with van der Waals surface area (Å²) in [6.07, 6.45) is 19.8. The Labute approximate surface area is 202 Å². The number of benzene rings is 1. The molecule has 1 atom stereocenters. The maximum absolute atomic E-state index is 12.2. The minimum absolute atomic E-state index is 0.0469. The number of nitrogens with zero attached hydrogens (tertiary/aromatic N) is 2. The van der Waals surface area contributed by atoms with Gasteiger partial charge in [-0.2, -0.15) is 0 Å². The van der Waals surface area contributed by atoms with Gasteiger partial charge >= 0.3 is 0 Å². The zero-order valence-electron chi connectivity index (χ0n) is 20.7. The van der Waals surface area contributed by atoms with Crippen molar-refractivity contribution in [2.45, 2.75) is 53.5 Å². The van der Waals surface area contributed by atoms with E-state index in [-0.39, 0.29) is 17.1 Å². The molecule has 5 heteroatoms. The second kappa shape index (κ2) is 11.0. The molecule has 0 bridgehead atoms. The van der Waals surface area contributed by atoms with Gasteiger partial charge in [-0.05, 0) is 67.9 Å². The van der Waals surface area contributed by atoms with E-state index >= 15 is 0 Å². The highest BCUT2D eigenvalue weighted by atomic mass is 16.3. The molecule has 0 radical (unpaired) electrons. The van der Waals surface area contributed by atoms with Gasteiger partial charge in [0.15, 0.2) is 0 Å². The molecule has 1 unspecified atom stereocenters. The Balaban J connectivity index is 1.67. The van der Waals surface area contributed by atoms with Crippen molar-refractivity contribution >= 4 is 11.6 Å². The number of aromatic nitrogens is 2. The quantitative estimate of drug-likeness (QED) is 0.270. The Kier molecular flexibility index (Phi) is 8.11. The van der Waals surface area contributed by atoms with Gasteiger partial charge < -0.3 is 15.0 Å². The van der Waals surface area contributed by atoms with Crippen LogP contribution in [0.2, 0.25) is 0 Å². The van der Waals surface area contributed by atoms with E-state index in [1.165, 1.54) is 23.3 Å². The van der Waals surface area contributed by atoms with Crippen LogP contribution in [-0.4, -0.2) is 20.6 Å². The number of amides is 1. The number of imidazole rings is 1. The molecule has 1 amide bonds. The molecule has 1 aliphatic rings. The van der Waals surface area contributed by atoms with Crippen LogP contribution < -0.4 is 5.32 Å². The summed E-state index contributed by atoms with van der Waals surface area (Å²) in [6.45, 7) is 10.8. The van der Waals surface area contributed by atoms with Crippen LogP contribution in [0, 0.1) is 5.41 Å². The van der Waals surface area contributed by atoms with Crippen molar-refractivity contribution < 1.29 is 9.90 Å². The molecule has 2 aromatic rings. The van der Waals surface area contributed by atoms with E-state index in [4.69, 9.17) is 0 Å². The maximum atomic E-state index is 12.2. The Morgan fingerprint density at radius 3 is 2.68 bits per heavy atom. The Bertz CT molecular complexity index is 1160. The third-order valence-corrected chi connectivity index (χ3v) is 6.33. The summed E-state index contributed by atoms with van der Waals surface area (Å²) in [7, 11) is 0. The zero-order valence-corrected chi connectivity index (χ0v) is 20.7. The number of carbonyl (C=O) groups excluding carboxylic acids is 1. The van der Waals surface area contributed by atoms with Crippen LogP contribution in [0.1, 0.15) is 53.5 Å². The number of nitrogens with one attached hydrogen (secondary N) is 1. The van der Waals surface area contributed by atoms with Gasteiger partial charge in [0.2, 0.25) is 5.91 Å². The first-order chi connectivity index (χ1) is 16.2. The molecule has 0 fully saturated rings. The molecule has 3 rings (SSSR count). The summed E-state index contributed by atoms with van der Waals surface area (Å²) in [6, 6.07) is 7.03. The fourth-order valence-electron chi connectivity index (χ4n) is 4.37. The second-order valence-electron chi connectivity index (χ2n) is 9.54. The molecule has 0 spiro atoms. The molecule has 5 nitrogen and oxygen atoms in total. The summed E-state index contributed by atoms with van der Waals surface area (Å²) in [5, 5.41) is 12.5. The summed E-state index contributed by atoms with van der Waals surface area (Å²) >= 11 is 0. The van der Waals surface area contributed by atoms with Gasteiger partial charge in [-0.3, -0.25) is 4.79 Å². The summed E-state index contributed by atoms with van der Waals surface area (Å²) in [5.41, 5.74) is 5.24. The van der Waals surface area contributed by atoms with Crippen molar-refractivity contribution in [3.05, 3.63) is 102 Å². The van der Waals surface area contributed by atoms with E-state index < -0.39 is 0 Å². The SMILES string of the molecule is CC1=C(/C=C/C(C)=C/C=C/C(C)=C\C(=O)Nc2ccccc2O)C(C)(C)CCC1n1ccnc1. The molecule has 1 heterocycles. The van der Waals surface area contributed by atoms with Crippen molar-refractivity contribution in [1.29, 1.82) is 0 Å². The number of para-hydroxylation sites is 2. The van der Waals surface area contributed by atoms with E-state index in [2.05, 4.69) is 54.7 Å². The molecular formula is C29H35N3O2. The predicted molar refractivity (Wildman–Crippen MR) is 140 cm³/mol. The number of aromatic hydroxyl groups is 1. The average molecular weight is 458 g/mol. The molecule has 34 heavy (non-hydrogen) atoms. The first kappa shape index (κ1) is 25.0. The van der Waals surface area contributed by atoms with Crippen LogP contribution in [-0.2, 0) is 4.79 Å². The van der Waals surface area contributed by atoms with Crippen LogP contribution >= 0.6 is 0 Å². The van der Waals surface area contributed by atoms with Crippen LogP contribution in [0.5, 0.6) is 5.75 Å². The largest absolute Gasteiger partial charge is 0.506 e. The van der Waals surface area contributed by atoms with Gasteiger partial charge in [-0.1, -0.05) is 61.9 Å². The standard InChI is InChI=1S/C29H35N3O2/c1-21(9-8-10-22(2)19-28(34)31-25-11-6-7-12-27(25)33)13-14-24-23(3)26(15-16-29(24,4)5)32-18-17-30-20-32/h6-14,17-20,26,33H,15-16H2,1-5H3,(H,31,34)/b10-8+,14-13+,21-9+,22-19-. The van der Waals surface area contributed by atoms with Crippen molar-refractivity contribution in [2.24, 2.45) is 5.41 Å². The first-order valence-corrected chi connectivity index (χ1v) is 11.7. The summed E-state index contributed by atoms with van der Waals surface area (Å²) < 4.78 is 2.20. The molecule has 178 valence electrons. The lowest BCUT2D eigenvalue weighted by Gasteiger charge is -2.37. The van der Waals surface area contributed by atoms with Crippen LogP contribution in [0.4, 0.5) is 5.69 Å². The van der Waals surface area contributed by atoms with Crippen LogP contribution in [0.15, 0.2) is 102 Å². The highest BCUT2D eigenvalue weighted by molar-refractivity contribution is 6.00. The van der Waals surface area contributed by atoms with Crippen molar-refractivity contribution in [3.8, 4) is 5.75 Å². The molecular weight excluding hydrogens is 422 g/mol. The Hall–Kier alpha value is -3.60. The number of phenols is 1. The number of allylic oxidation sites excluding steroid dienone is 9. The van der Waals surface area contributed by atoms with E-state index in [0.717, 1.165) is 24.0 Å². The number of anilines is 1. The first-order valence-electron chi connectivity index (χ1n) is 11.7. The number of rotatable bonds is 7. The number of hydrogen-bond donors (Lipinski definition) is 2. The van der Waals surface area contributed by atoms with Gasteiger partial charge in [-0.25, -0.2) is 4.98 Å². The summed E-state index contributed by atoms with van der Waals surface area (Å²) in [4.78, 5) is 16.4. The molecule has 0 saturated carbocycles. The van der Waals surface area contributed by atoms with E-state index in [1.54, 1.807) is 18.2 Å². The highest BCUT2D eigenvalue weighted by Crippen LogP contribution is 2.45. The van der Waals surface area contributed by atoms with E-state index in [1.807, 2.05) is 43.9 Å². The smallest absolute Gasteiger partial charge is 0.248 e.